The summed E-state index contributed by atoms with van der Waals surface area (Å²) in [7, 11) is 0. The van der Waals surface area contributed by atoms with E-state index in [1.807, 2.05) is 12.3 Å². The number of nitrogens with zero attached hydrogens (tertiary/aromatic N) is 2. The van der Waals surface area contributed by atoms with Crippen molar-refractivity contribution in [3.05, 3.63) is 29.6 Å². The minimum Gasteiger partial charge on any atom is -0.381 e. The SMILES string of the molecule is CCNC(=NCc1ncccc1C)NCCCOCC1CC1.I. The maximum absolute atomic E-state index is 5.63. The van der Waals surface area contributed by atoms with E-state index in [0.29, 0.717) is 6.54 Å². The second-order valence-electron chi connectivity index (χ2n) is 5.76. The number of hydrogen-bond donors (Lipinski definition) is 2. The Hall–Kier alpha value is -0.890. The fraction of sp³-hybridized carbons (Fsp3) is 0.647. The molecule has 6 heteroatoms. The van der Waals surface area contributed by atoms with Gasteiger partial charge < -0.3 is 15.4 Å². The third-order valence-corrected chi connectivity index (χ3v) is 3.66. The van der Waals surface area contributed by atoms with Crippen LogP contribution in [-0.4, -0.2) is 37.2 Å². The number of aromatic nitrogens is 1. The number of hydrogen-bond acceptors (Lipinski definition) is 3. The first kappa shape index (κ1) is 20.2. The van der Waals surface area contributed by atoms with Gasteiger partial charge in [-0.3, -0.25) is 4.98 Å². The van der Waals surface area contributed by atoms with E-state index in [9.17, 15) is 0 Å². The van der Waals surface area contributed by atoms with Gasteiger partial charge in [-0.25, -0.2) is 4.99 Å². The summed E-state index contributed by atoms with van der Waals surface area (Å²) in [5, 5.41) is 6.61. The van der Waals surface area contributed by atoms with E-state index >= 15 is 0 Å². The average Bonchev–Trinajstić information content (AvgIpc) is 3.33. The van der Waals surface area contributed by atoms with E-state index in [0.717, 1.165) is 50.3 Å². The van der Waals surface area contributed by atoms with Crippen molar-refractivity contribution < 1.29 is 4.74 Å². The largest absolute Gasteiger partial charge is 0.381 e. The van der Waals surface area contributed by atoms with Crippen LogP contribution in [0.1, 0.15) is 37.4 Å². The molecule has 1 fully saturated rings. The quantitative estimate of drug-likeness (QED) is 0.273. The smallest absolute Gasteiger partial charge is 0.191 e. The van der Waals surface area contributed by atoms with Crippen LogP contribution < -0.4 is 10.6 Å². The first-order chi connectivity index (χ1) is 10.8. The molecule has 1 heterocycles. The van der Waals surface area contributed by atoms with Gasteiger partial charge in [-0.05, 0) is 50.7 Å². The first-order valence-electron chi connectivity index (χ1n) is 8.30. The third kappa shape index (κ3) is 8.50. The van der Waals surface area contributed by atoms with Gasteiger partial charge in [-0.15, -0.1) is 24.0 Å². The molecule has 2 N–H and O–H groups in total. The van der Waals surface area contributed by atoms with Crippen molar-refractivity contribution in [3.63, 3.8) is 0 Å². The van der Waals surface area contributed by atoms with Gasteiger partial charge in [0.2, 0.25) is 0 Å². The van der Waals surface area contributed by atoms with E-state index in [4.69, 9.17) is 4.74 Å². The zero-order valence-corrected chi connectivity index (χ0v) is 16.5. The number of pyridine rings is 1. The number of nitrogens with one attached hydrogen (secondary N) is 2. The van der Waals surface area contributed by atoms with E-state index in [-0.39, 0.29) is 24.0 Å². The lowest BCUT2D eigenvalue weighted by Crippen LogP contribution is -2.38. The molecule has 0 amide bonds. The molecule has 0 aliphatic heterocycles. The topological polar surface area (TPSA) is 58.5 Å². The Morgan fingerprint density at radius 2 is 2.22 bits per heavy atom. The van der Waals surface area contributed by atoms with Crippen LogP contribution >= 0.6 is 24.0 Å². The van der Waals surface area contributed by atoms with Crippen LogP contribution in [0.25, 0.3) is 0 Å². The van der Waals surface area contributed by atoms with Crippen molar-refractivity contribution in [2.24, 2.45) is 10.9 Å². The predicted octanol–water partition coefficient (Wildman–Crippen LogP) is 2.88. The molecular weight excluding hydrogens is 403 g/mol. The first-order valence-corrected chi connectivity index (χ1v) is 8.30. The average molecular weight is 432 g/mol. The number of ether oxygens (including phenoxy) is 1. The minimum atomic E-state index is 0. The van der Waals surface area contributed by atoms with Crippen LogP contribution in [-0.2, 0) is 11.3 Å². The predicted molar refractivity (Wildman–Crippen MR) is 105 cm³/mol. The molecule has 1 aromatic heterocycles. The fourth-order valence-electron chi connectivity index (χ4n) is 2.10. The second kappa shape index (κ2) is 11.6. The van der Waals surface area contributed by atoms with Crippen LogP contribution in [0.4, 0.5) is 0 Å². The molecular formula is C17H29IN4O. The summed E-state index contributed by atoms with van der Waals surface area (Å²) in [4.78, 5) is 8.96. The Bertz CT molecular complexity index is 477. The molecule has 0 spiro atoms. The molecule has 0 radical (unpaired) electrons. The number of aryl methyl sites for hydroxylation is 1. The number of aliphatic imine (C=N–C) groups is 1. The van der Waals surface area contributed by atoms with Crippen molar-refractivity contribution in [1.82, 2.24) is 15.6 Å². The van der Waals surface area contributed by atoms with E-state index in [2.05, 4.69) is 40.5 Å². The summed E-state index contributed by atoms with van der Waals surface area (Å²) >= 11 is 0. The molecule has 1 aliphatic rings. The van der Waals surface area contributed by atoms with Crippen molar-refractivity contribution in [2.45, 2.75) is 39.7 Å². The lowest BCUT2D eigenvalue weighted by Gasteiger charge is -2.11. The second-order valence-corrected chi connectivity index (χ2v) is 5.76. The van der Waals surface area contributed by atoms with Gasteiger partial charge in [0, 0.05) is 32.5 Å². The lowest BCUT2D eigenvalue weighted by atomic mass is 10.2. The van der Waals surface area contributed by atoms with Crippen LogP contribution in [0.5, 0.6) is 0 Å². The zero-order chi connectivity index (χ0) is 15.6. The van der Waals surface area contributed by atoms with E-state index in [1.165, 1.54) is 18.4 Å². The van der Waals surface area contributed by atoms with Crippen molar-refractivity contribution in [1.29, 1.82) is 0 Å². The highest BCUT2D eigenvalue weighted by molar-refractivity contribution is 14.0. The van der Waals surface area contributed by atoms with Crippen molar-refractivity contribution in [2.75, 3.05) is 26.3 Å². The van der Waals surface area contributed by atoms with Gasteiger partial charge in [0.05, 0.1) is 12.2 Å². The summed E-state index contributed by atoms with van der Waals surface area (Å²) in [5.41, 5.74) is 2.20. The van der Waals surface area contributed by atoms with Crippen LogP contribution in [0.3, 0.4) is 0 Å². The maximum atomic E-state index is 5.63. The summed E-state index contributed by atoms with van der Waals surface area (Å²) in [5.74, 6) is 1.68. The van der Waals surface area contributed by atoms with Crippen molar-refractivity contribution in [3.8, 4) is 0 Å². The number of halogens is 1. The molecule has 0 bridgehead atoms. The molecule has 1 aliphatic carbocycles. The lowest BCUT2D eigenvalue weighted by molar-refractivity contribution is 0.123. The van der Waals surface area contributed by atoms with Gasteiger partial charge in [0.1, 0.15) is 0 Å². The van der Waals surface area contributed by atoms with Gasteiger partial charge in [-0.2, -0.15) is 0 Å². The zero-order valence-electron chi connectivity index (χ0n) is 14.2. The Labute approximate surface area is 156 Å². The minimum absolute atomic E-state index is 0. The van der Waals surface area contributed by atoms with E-state index < -0.39 is 0 Å². The summed E-state index contributed by atoms with van der Waals surface area (Å²) in [6, 6.07) is 4.02. The molecule has 130 valence electrons. The van der Waals surface area contributed by atoms with Crippen LogP contribution in [0.15, 0.2) is 23.3 Å². The highest BCUT2D eigenvalue weighted by Gasteiger charge is 2.20. The Balaban J connectivity index is 0.00000264. The molecule has 2 rings (SSSR count). The normalized spacial score (nSPS) is 14.3. The Kier molecular flexibility index (Phi) is 10.2. The molecule has 23 heavy (non-hydrogen) atoms. The van der Waals surface area contributed by atoms with Gasteiger partial charge in [-0.1, -0.05) is 6.07 Å². The summed E-state index contributed by atoms with van der Waals surface area (Å²) < 4.78 is 5.63. The molecule has 0 aromatic carbocycles. The van der Waals surface area contributed by atoms with Crippen LogP contribution in [0, 0.1) is 12.8 Å². The summed E-state index contributed by atoms with van der Waals surface area (Å²) in [6.45, 7) is 8.22. The molecule has 5 nitrogen and oxygen atoms in total. The van der Waals surface area contributed by atoms with Gasteiger partial charge in [0.15, 0.2) is 5.96 Å². The highest BCUT2D eigenvalue weighted by Crippen LogP contribution is 2.28. The Morgan fingerprint density at radius 3 is 2.91 bits per heavy atom. The third-order valence-electron chi connectivity index (χ3n) is 3.66. The van der Waals surface area contributed by atoms with E-state index in [1.54, 1.807) is 0 Å². The molecule has 0 saturated heterocycles. The highest BCUT2D eigenvalue weighted by atomic mass is 127. The molecule has 0 atom stereocenters. The molecule has 1 aromatic rings. The van der Waals surface area contributed by atoms with Crippen LogP contribution in [0.2, 0.25) is 0 Å². The molecule has 1 saturated carbocycles. The van der Waals surface area contributed by atoms with Gasteiger partial charge in [0.25, 0.3) is 0 Å². The fourth-order valence-corrected chi connectivity index (χ4v) is 2.10. The molecule has 0 unspecified atom stereocenters. The Morgan fingerprint density at radius 1 is 1.39 bits per heavy atom. The monoisotopic (exact) mass is 432 g/mol. The maximum Gasteiger partial charge on any atom is 0.191 e. The van der Waals surface area contributed by atoms with Crippen molar-refractivity contribution >= 4 is 29.9 Å². The van der Waals surface area contributed by atoms with Gasteiger partial charge >= 0.3 is 0 Å². The summed E-state index contributed by atoms with van der Waals surface area (Å²) in [6.07, 6.45) is 5.51. The standard InChI is InChI=1S/C17H28N4O.HI/c1-3-18-17(20-10-5-11-22-13-15-7-8-15)21-12-16-14(2)6-4-9-19-16;/h4,6,9,15H,3,5,7-8,10-13H2,1-2H3,(H2,18,20,21);1H. The number of guanidine groups is 1. The number of rotatable bonds is 9.